The van der Waals surface area contributed by atoms with E-state index < -0.39 is 0 Å². The average molecular weight is 628 g/mol. The van der Waals surface area contributed by atoms with Crippen molar-refractivity contribution >= 4 is 0 Å². The van der Waals surface area contributed by atoms with Gasteiger partial charge < -0.3 is 0 Å². The van der Waals surface area contributed by atoms with E-state index in [-0.39, 0.29) is 0 Å². The number of benzene rings is 2. The van der Waals surface area contributed by atoms with Gasteiger partial charge in [0.05, 0.1) is 19.5 Å². The van der Waals surface area contributed by atoms with Gasteiger partial charge in [0.15, 0.2) is 0 Å². The molecule has 2 heteroatoms. The van der Waals surface area contributed by atoms with Gasteiger partial charge in [-0.2, -0.15) is 0 Å². The van der Waals surface area contributed by atoms with Crippen LogP contribution in [0.25, 0.3) is 0 Å². The molecule has 0 aliphatic heterocycles. The van der Waals surface area contributed by atoms with Crippen molar-refractivity contribution in [2.45, 2.75) is 187 Å². The molecule has 0 saturated carbocycles. The van der Waals surface area contributed by atoms with Crippen LogP contribution in [0.2, 0.25) is 0 Å². The minimum Gasteiger partial charge on any atom is -0.234 e. The molecule has 2 aromatic carbocycles. The maximum Gasteiger partial charge on any atom is 0.261 e. The Kier molecular flexibility index (Phi) is 20.5. The summed E-state index contributed by atoms with van der Waals surface area (Å²) in [5, 5.41) is 0. The van der Waals surface area contributed by atoms with Gasteiger partial charge in [-0.25, -0.2) is 9.13 Å². The second kappa shape index (κ2) is 24.8. The monoisotopic (exact) mass is 628 g/mol. The van der Waals surface area contributed by atoms with Crippen molar-refractivity contribution in [2.75, 3.05) is 0 Å². The minimum absolute atomic E-state index is 0.516. The topological polar surface area (TPSA) is 8.81 Å². The number of hydrogen-bond acceptors (Lipinski definition) is 0. The molecule has 2 nitrogen and oxygen atoms in total. The number of rotatable bonds is 28. The lowest BCUT2D eigenvalue weighted by Gasteiger charge is -2.12. The number of nitrogens with zero attached hydrogens (tertiary/aromatic N) is 2. The van der Waals surface area contributed by atoms with Crippen molar-refractivity contribution in [1.82, 2.24) is 4.57 Å². The van der Waals surface area contributed by atoms with Gasteiger partial charge in [0, 0.05) is 6.42 Å². The number of unbranched alkanes of at least 4 members (excludes halogenated alkanes) is 19. The standard InChI is InChI=1S/C44H71N2/c1-4-6-8-10-12-14-15-16-17-18-20-22-30-36-46-43(37-40(3)42-33-27-24-28-34-42)39-45(35-29-21-19-13-11-9-7-5-2)44(46)38-41-31-25-23-26-32-41/h23-28,31-34,39-40H,4-22,29-30,35-38H2,1-3H3/q+1. The SMILES string of the molecule is CCCCCCCCCCCCCCCn1c(CC(C)c2ccccc2)c[n+](CCCCCCCCCC)c1Cc1ccccc1. The Hall–Kier alpha value is -2.35. The molecule has 0 bridgehead atoms. The predicted octanol–water partition coefficient (Wildman–Crippen LogP) is 12.9. The van der Waals surface area contributed by atoms with Crippen molar-refractivity contribution < 1.29 is 4.57 Å². The highest BCUT2D eigenvalue weighted by Gasteiger charge is 2.25. The molecule has 256 valence electrons. The lowest BCUT2D eigenvalue weighted by atomic mass is 9.96. The minimum atomic E-state index is 0.516. The Bertz CT molecular complexity index is 1120. The summed E-state index contributed by atoms with van der Waals surface area (Å²) in [7, 11) is 0. The smallest absolute Gasteiger partial charge is 0.234 e. The van der Waals surface area contributed by atoms with E-state index in [1.807, 2.05) is 0 Å². The van der Waals surface area contributed by atoms with E-state index in [0.717, 1.165) is 25.9 Å². The van der Waals surface area contributed by atoms with Gasteiger partial charge in [-0.1, -0.05) is 191 Å². The second-order valence-corrected chi connectivity index (χ2v) is 14.3. The van der Waals surface area contributed by atoms with E-state index in [9.17, 15) is 0 Å². The fourth-order valence-corrected chi connectivity index (χ4v) is 7.17. The molecule has 0 N–H and O–H groups in total. The van der Waals surface area contributed by atoms with E-state index in [1.54, 1.807) is 0 Å². The van der Waals surface area contributed by atoms with Crippen LogP contribution in [0.15, 0.2) is 66.9 Å². The first-order chi connectivity index (χ1) is 22.7. The van der Waals surface area contributed by atoms with Crippen LogP contribution in [0.4, 0.5) is 0 Å². The largest absolute Gasteiger partial charge is 0.261 e. The molecule has 1 unspecified atom stereocenters. The van der Waals surface area contributed by atoms with Crippen molar-refractivity contribution in [3.8, 4) is 0 Å². The molecule has 1 heterocycles. The lowest BCUT2D eigenvalue weighted by Crippen LogP contribution is -2.37. The quantitative estimate of drug-likeness (QED) is 0.0559. The molecule has 0 amide bonds. The molecule has 0 aliphatic carbocycles. The number of hydrogen-bond donors (Lipinski definition) is 0. The van der Waals surface area contributed by atoms with E-state index in [2.05, 4.69) is 96.8 Å². The van der Waals surface area contributed by atoms with Crippen molar-refractivity contribution in [2.24, 2.45) is 0 Å². The van der Waals surface area contributed by atoms with E-state index in [1.165, 1.54) is 157 Å². The van der Waals surface area contributed by atoms with E-state index >= 15 is 0 Å². The molecule has 3 rings (SSSR count). The maximum atomic E-state index is 2.75. The summed E-state index contributed by atoms with van der Waals surface area (Å²) >= 11 is 0. The molecule has 0 aliphatic rings. The molecular weight excluding hydrogens is 556 g/mol. The number of aryl methyl sites for hydroxylation is 1. The second-order valence-electron chi connectivity index (χ2n) is 14.3. The summed E-state index contributed by atoms with van der Waals surface area (Å²) in [6.45, 7) is 9.33. The highest BCUT2D eigenvalue weighted by Crippen LogP contribution is 2.23. The van der Waals surface area contributed by atoms with Crippen LogP contribution in [0.3, 0.4) is 0 Å². The fraction of sp³-hybridized carbons (Fsp3) is 0.659. The Morgan fingerprint density at radius 3 is 1.52 bits per heavy atom. The van der Waals surface area contributed by atoms with Crippen LogP contribution in [0, 0.1) is 0 Å². The van der Waals surface area contributed by atoms with Crippen LogP contribution in [-0.4, -0.2) is 4.57 Å². The van der Waals surface area contributed by atoms with Gasteiger partial charge in [-0.05, 0) is 42.7 Å². The predicted molar refractivity (Wildman–Crippen MR) is 201 cm³/mol. The van der Waals surface area contributed by atoms with Gasteiger partial charge in [0.25, 0.3) is 5.82 Å². The zero-order valence-electron chi connectivity index (χ0n) is 30.5. The van der Waals surface area contributed by atoms with Gasteiger partial charge in [-0.3, -0.25) is 0 Å². The van der Waals surface area contributed by atoms with Gasteiger partial charge in [0.1, 0.15) is 11.9 Å². The molecule has 0 radical (unpaired) electrons. The molecule has 3 aromatic rings. The van der Waals surface area contributed by atoms with Crippen molar-refractivity contribution in [3.05, 3.63) is 89.5 Å². The molecule has 46 heavy (non-hydrogen) atoms. The van der Waals surface area contributed by atoms with Crippen LogP contribution in [0.1, 0.15) is 184 Å². The third kappa shape index (κ3) is 15.5. The summed E-state index contributed by atoms with van der Waals surface area (Å²) in [6, 6.07) is 22.3. The zero-order chi connectivity index (χ0) is 32.5. The third-order valence-corrected chi connectivity index (χ3v) is 10.1. The average Bonchev–Trinajstić information content (AvgIpc) is 3.39. The lowest BCUT2D eigenvalue weighted by molar-refractivity contribution is -0.704. The maximum absolute atomic E-state index is 2.75. The Morgan fingerprint density at radius 1 is 0.543 bits per heavy atom. The van der Waals surface area contributed by atoms with Gasteiger partial charge in [-0.15, -0.1) is 0 Å². The van der Waals surface area contributed by atoms with E-state index in [0.29, 0.717) is 5.92 Å². The molecule has 1 aromatic heterocycles. The molecule has 1 atom stereocenters. The van der Waals surface area contributed by atoms with Crippen LogP contribution in [0.5, 0.6) is 0 Å². The highest BCUT2D eigenvalue weighted by atomic mass is 15.2. The van der Waals surface area contributed by atoms with Gasteiger partial charge in [0.2, 0.25) is 0 Å². The first-order valence-electron chi connectivity index (χ1n) is 19.9. The third-order valence-electron chi connectivity index (χ3n) is 10.1. The fourth-order valence-electron chi connectivity index (χ4n) is 7.17. The van der Waals surface area contributed by atoms with E-state index in [4.69, 9.17) is 0 Å². The molecule has 0 spiro atoms. The summed E-state index contributed by atoms with van der Waals surface area (Å²) in [5.74, 6) is 2.03. The Balaban J connectivity index is 1.60. The highest BCUT2D eigenvalue weighted by molar-refractivity contribution is 5.22. The van der Waals surface area contributed by atoms with Crippen molar-refractivity contribution in [3.63, 3.8) is 0 Å². The Labute approximate surface area is 285 Å². The van der Waals surface area contributed by atoms with Gasteiger partial charge >= 0.3 is 0 Å². The molecular formula is C44H71N2+. The number of imidazole rings is 1. The Morgan fingerprint density at radius 2 is 1.00 bits per heavy atom. The number of aromatic nitrogens is 2. The normalized spacial score (nSPS) is 12.2. The zero-order valence-corrected chi connectivity index (χ0v) is 30.5. The summed E-state index contributed by atoms with van der Waals surface area (Å²) in [6.07, 6.45) is 34.0. The summed E-state index contributed by atoms with van der Waals surface area (Å²) in [4.78, 5) is 0. The molecule has 0 saturated heterocycles. The summed E-state index contributed by atoms with van der Waals surface area (Å²) < 4.78 is 5.40. The van der Waals surface area contributed by atoms with Crippen LogP contribution < -0.4 is 4.57 Å². The van der Waals surface area contributed by atoms with Crippen molar-refractivity contribution in [1.29, 1.82) is 0 Å². The summed E-state index contributed by atoms with van der Waals surface area (Å²) in [5.41, 5.74) is 4.41. The van der Waals surface area contributed by atoms with Crippen LogP contribution >= 0.6 is 0 Å². The van der Waals surface area contributed by atoms with Crippen LogP contribution in [-0.2, 0) is 25.9 Å². The first kappa shape index (κ1) is 38.1. The molecule has 0 fully saturated rings. The first-order valence-corrected chi connectivity index (χ1v) is 19.9.